The Morgan fingerprint density at radius 2 is 1.93 bits per heavy atom. The van der Waals surface area contributed by atoms with Crippen LogP contribution in [0.4, 0.5) is 0 Å². The van der Waals surface area contributed by atoms with Crippen LogP contribution in [0, 0.1) is 11.3 Å². The maximum Gasteiger partial charge on any atom is 0.306 e. The van der Waals surface area contributed by atoms with E-state index in [1.54, 1.807) is 6.92 Å². The summed E-state index contributed by atoms with van der Waals surface area (Å²) in [5.74, 6) is -0.247. The minimum atomic E-state index is -0.225. The van der Waals surface area contributed by atoms with E-state index in [9.17, 15) is 4.79 Å². The van der Waals surface area contributed by atoms with Crippen molar-refractivity contribution in [3.63, 3.8) is 0 Å². The molecule has 0 amide bonds. The monoisotopic (exact) mass is 222 g/mol. The summed E-state index contributed by atoms with van der Waals surface area (Å²) >= 11 is 0. The summed E-state index contributed by atoms with van der Waals surface area (Å²) in [6.45, 7) is 8.24. The van der Waals surface area contributed by atoms with Gasteiger partial charge in [0.2, 0.25) is 0 Å². The second-order valence-electron chi connectivity index (χ2n) is 4.25. The predicted molar refractivity (Wildman–Crippen MR) is 61.7 cm³/mol. The molecule has 0 aliphatic carbocycles. The van der Waals surface area contributed by atoms with Gasteiger partial charge in [0.05, 0.1) is 13.0 Å². The fraction of sp³-hybridized carbons (Fsp3) is 0.900. The second-order valence-corrected chi connectivity index (χ2v) is 4.25. The number of aliphatic hydroxyl groups excluding tert-OH is 1. The van der Waals surface area contributed by atoms with Crippen molar-refractivity contribution in [2.45, 2.75) is 34.1 Å². The van der Waals surface area contributed by atoms with Crippen molar-refractivity contribution in [2.24, 2.45) is 11.3 Å². The van der Waals surface area contributed by atoms with Crippen LogP contribution in [0.1, 0.15) is 34.1 Å². The molecule has 3 nitrogen and oxygen atoms in total. The van der Waals surface area contributed by atoms with Gasteiger partial charge >= 0.3 is 5.97 Å². The third-order valence-corrected chi connectivity index (χ3v) is 2.16. The van der Waals surface area contributed by atoms with E-state index in [0.29, 0.717) is 13.0 Å². The van der Waals surface area contributed by atoms with Crippen LogP contribution >= 0.6 is 13.5 Å². The van der Waals surface area contributed by atoms with Crippen molar-refractivity contribution in [3.8, 4) is 0 Å². The van der Waals surface area contributed by atoms with Gasteiger partial charge in [-0.05, 0) is 18.3 Å². The molecule has 1 atom stereocenters. The van der Waals surface area contributed by atoms with Crippen molar-refractivity contribution in [1.82, 2.24) is 0 Å². The zero-order valence-electron chi connectivity index (χ0n) is 9.46. The standard InChI is InChI=1S/C10H20O3.H2S/c1-5-13-9(12)6-8(7-11)10(2,3)4;/h8,11H,5-7H2,1-4H3;1H2/t8-;/m1./s1. The van der Waals surface area contributed by atoms with Gasteiger partial charge < -0.3 is 9.84 Å². The number of carbonyl (C=O) groups excluding carboxylic acids is 1. The van der Waals surface area contributed by atoms with Crippen LogP contribution in [0.3, 0.4) is 0 Å². The Morgan fingerprint density at radius 1 is 1.43 bits per heavy atom. The van der Waals surface area contributed by atoms with E-state index < -0.39 is 0 Å². The van der Waals surface area contributed by atoms with Crippen LogP contribution in [0.25, 0.3) is 0 Å². The zero-order valence-corrected chi connectivity index (χ0v) is 10.5. The lowest BCUT2D eigenvalue weighted by atomic mass is 9.79. The normalized spacial score (nSPS) is 12.9. The van der Waals surface area contributed by atoms with Crippen LogP contribution in [0.5, 0.6) is 0 Å². The van der Waals surface area contributed by atoms with Crippen LogP contribution in [-0.4, -0.2) is 24.3 Å². The summed E-state index contributed by atoms with van der Waals surface area (Å²) in [5, 5.41) is 9.07. The summed E-state index contributed by atoms with van der Waals surface area (Å²) in [5.41, 5.74) is -0.0541. The van der Waals surface area contributed by atoms with Crippen LogP contribution in [-0.2, 0) is 9.53 Å². The number of esters is 1. The Bertz CT molecular complexity index is 163. The Labute approximate surface area is 93.3 Å². The first kappa shape index (κ1) is 16.2. The molecule has 0 rings (SSSR count). The average Bonchev–Trinajstić information content (AvgIpc) is 1.98. The molecule has 0 aromatic heterocycles. The molecule has 0 radical (unpaired) electrons. The van der Waals surface area contributed by atoms with Gasteiger partial charge in [0, 0.05) is 6.61 Å². The van der Waals surface area contributed by atoms with Crippen LogP contribution in [0.2, 0.25) is 0 Å². The summed E-state index contributed by atoms with van der Waals surface area (Å²) in [4.78, 5) is 11.1. The molecule has 86 valence electrons. The van der Waals surface area contributed by atoms with Gasteiger partial charge in [-0.1, -0.05) is 20.8 Å². The largest absolute Gasteiger partial charge is 0.466 e. The van der Waals surface area contributed by atoms with Gasteiger partial charge in [0.25, 0.3) is 0 Å². The number of carbonyl (C=O) groups is 1. The quantitative estimate of drug-likeness (QED) is 0.737. The predicted octanol–water partition coefficient (Wildman–Crippen LogP) is 1.71. The van der Waals surface area contributed by atoms with Gasteiger partial charge in [-0.15, -0.1) is 0 Å². The van der Waals surface area contributed by atoms with Crippen molar-refractivity contribution in [1.29, 1.82) is 0 Å². The lowest BCUT2D eigenvalue weighted by Crippen LogP contribution is -2.27. The maximum absolute atomic E-state index is 11.1. The Hall–Kier alpha value is -0.220. The summed E-state index contributed by atoms with van der Waals surface area (Å²) in [6.07, 6.45) is 0.299. The zero-order chi connectivity index (χ0) is 10.5. The van der Waals surface area contributed by atoms with Crippen molar-refractivity contribution < 1.29 is 14.6 Å². The van der Waals surface area contributed by atoms with Crippen molar-refractivity contribution in [3.05, 3.63) is 0 Å². The first-order valence-electron chi connectivity index (χ1n) is 4.68. The highest BCUT2D eigenvalue weighted by Crippen LogP contribution is 2.28. The van der Waals surface area contributed by atoms with E-state index >= 15 is 0 Å². The number of aliphatic hydroxyl groups is 1. The molecule has 0 heterocycles. The molecule has 0 aromatic rings. The van der Waals surface area contributed by atoms with Gasteiger partial charge in [0.1, 0.15) is 0 Å². The van der Waals surface area contributed by atoms with Crippen molar-refractivity contribution >= 4 is 19.5 Å². The molecule has 4 heteroatoms. The molecule has 14 heavy (non-hydrogen) atoms. The van der Waals surface area contributed by atoms with E-state index in [1.165, 1.54) is 0 Å². The number of ether oxygens (including phenoxy) is 1. The molecule has 0 aliphatic heterocycles. The SMILES string of the molecule is CCOC(=O)C[C@H](CO)C(C)(C)C.S. The molecule has 0 fully saturated rings. The molecule has 0 aliphatic rings. The maximum atomic E-state index is 11.1. The van der Waals surface area contributed by atoms with Crippen LogP contribution in [0.15, 0.2) is 0 Å². The number of rotatable bonds is 4. The average molecular weight is 222 g/mol. The highest BCUT2D eigenvalue weighted by Gasteiger charge is 2.26. The van der Waals surface area contributed by atoms with Gasteiger partial charge in [-0.2, -0.15) is 13.5 Å². The minimum Gasteiger partial charge on any atom is -0.466 e. The smallest absolute Gasteiger partial charge is 0.306 e. The van der Waals surface area contributed by atoms with E-state index in [1.807, 2.05) is 20.8 Å². The fourth-order valence-corrected chi connectivity index (χ4v) is 1.07. The number of hydrogen-bond donors (Lipinski definition) is 1. The lowest BCUT2D eigenvalue weighted by molar-refractivity contribution is -0.145. The summed E-state index contributed by atoms with van der Waals surface area (Å²) in [7, 11) is 0. The minimum absolute atomic E-state index is 0. The third kappa shape index (κ3) is 6.27. The second kappa shape index (κ2) is 7.12. The highest BCUT2D eigenvalue weighted by molar-refractivity contribution is 7.59. The Balaban J connectivity index is 0. The summed E-state index contributed by atoms with van der Waals surface area (Å²) in [6, 6.07) is 0. The van der Waals surface area contributed by atoms with E-state index in [4.69, 9.17) is 9.84 Å². The summed E-state index contributed by atoms with van der Waals surface area (Å²) < 4.78 is 4.82. The molecule has 0 bridgehead atoms. The van der Waals surface area contributed by atoms with Gasteiger partial charge in [-0.25, -0.2) is 0 Å². The molecule has 0 saturated heterocycles. The Kier molecular flexibility index (Phi) is 8.25. The molecule has 0 saturated carbocycles. The van der Waals surface area contributed by atoms with Gasteiger partial charge in [-0.3, -0.25) is 4.79 Å². The highest BCUT2D eigenvalue weighted by atomic mass is 32.1. The molecule has 0 aromatic carbocycles. The topological polar surface area (TPSA) is 46.5 Å². The Morgan fingerprint density at radius 3 is 2.21 bits per heavy atom. The van der Waals surface area contributed by atoms with E-state index in [-0.39, 0.29) is 37.4 Å². The first-order valence-corrected chi connectivity index (χ1v) is 4.68. The first-order chi connectivity index (χ1) is 5.91. The lowest BCUT2D eigenvalue weighted by Gasteiger charge is -2.28. The van der Waals surface area contributed by atoms with Crippen LogP contribution < -0.4 is 0 Å². The molecule has 1 N–H and O–H groups in total. The molecular weight excluding hydrogens is 200 g/mol. The third-order valence-electron chi connectivity index (χ3n) is 2.16. The molecular formula is C10H22O3S. The van der Waals surface area contributed by atoms with Crippen molar-refractivity contribution in [2.75, 3.05) is 13.2 Å². The van der Waals surface area contributed by atoms with E-state index in [0.717, 1.165) is 0 Å². The fourth-order valence-electron chi connectivity index (χ4n) is 1.07. The molecule has 0 unspecified atom stereocenters. The molecule has 0 spiro atoms. The number of hydrogen-bond acceptors (Lipinski definition) is 3. The van der Waals surface area contributed by atoms with E-state index in [2.05, 4.69) is 0 Å². The van der Waals surface area contributed by atoms with Gasteiger partial charge in [0.15, 0.2) is 0 Å².